The molecular formula is C14H20N2O4. The molecule has 0 aliphatic carbocycles. The first kappa shape index (κ1) is 14.5. The molecule has 0 saturated carbocycles. The molecule has 1 saturated heterocycles. The van der Waals surface area contributed by atoms with Crippen LogP contribution in [0.2, 0.25) is 0 Å². The molecule has 0 radical (unpaired) electrons. The van der Waals surface area contributed by atoms with Crippen LogP contribution in [0.4, 0.5) is 0 Å². The molecule has 1 fully saturated rings. The maximum absolute atomic E-state index is 11.4. The third-order valence-corrected chi connectivity index (χ3v) is 3.30. The quantitative estimate of drug-likeness (QED) is 0.858. The molecule has 1 amide bonds. The molecule has 0 aromatic heterocycles. The van der Waals surface area contributed by atoms with E-state index in [9.17, 15) is 4.79 Å². The summed E-state index contributed by atoms with van der Waals surface area (Å²) in [7, 11) is 4.77. The molecule has 1 aliphatic heterocycles. The Bertz CT molecular complexity index is 490. The molecule has 1 N–H and O–H groups in total. The SMILES string of the molecule is COc1ccc(CN2CCNC(=O)C2)c(OC)c1OC. The summed E-state index contributed by atoms with van der Waals surface area (Å²) in [4.78, 5) is 13.5. The van der Waals surface area contributed by atoms with Crippen molar-refractivity contribution in [2.75, 3.05) is 41.0 Å². The first-order valence-corrected chi connectivity index (χ1v) is 6.46. The molecule has 0 atom stereocenters. The van der Waals surface area contributed by atoms with Gasteiger partial charge in [0.25, 0.3) is 0 Å². The number of carbonyl (C=O) groups is 1. The molecule has 1 aliphatic rings. The van der Waals surface area contributed by atoms with Gasteiger partial charge in [-0.05, 0) is 6.07 Å². The molecule has 0 spiro atoms. The zero-order valence-corrected chi connectivity index (χ0v) is 12.1. The second kappa shape index (κ2) is 6.47. The van der Waals surface area contributed by atoms with Crippen molar-refractivity contribution in [1.29, 1.82) is 0 Å². The summed E-state index contributed by atoms with van der Waals surface area (Å²) in [5, 5.41) is 2.81. The first-order chi connectivity index (χ1) is 9.69. The fourth-order valence-electron chi connectivity index (χ4n) is 2.36. The van der Waals surface area contributed by atoms with E-state index in [1.54, 1.807) is 21.3 Å². The minimum atomic E-state index is 0.0516. The topological polar surface area (TPSA) is 60.0 Å². The predicted octanol–water partition coefficient (Wildman–Crippen LogP) is 0.644. The Kier molecular flexibility index (Phi) is 4.68. The Morgan fingerprint density at radius 2 is 1.90 bits per heavy atom. The highest BCUT2D eigenvalue weighted by Crippen LogP contribution is 2.40. The van der Waals surface area contributed by atoms with Gasteiger partial charge in [-0.25, -0.2) is 0 Å². The lowest BCUT2D eigenvalue weighted by Crippen LogP contribution is -2.47. The van der Waals surface area contributed by atoms with Crippen LogP contribution < -0.4 is 19.5 Å². The van der Waals surface area contributed by atoms with Crippen molar-refractivity contribution in [3.8, 4) is 17.2 Å². The Balaban J connectivity index is 2.24. The third kappa shape index (κ3) is 2.96. The average molecular weight is 280 g/mol. The number of nitrogens with zero attached hydrogens (tertiary/aromatic N) is 1. The van der Waals surface area contributed by atoms with Crippen molar-refractivity contribution in [3.63, 3.8) is 0 Å². The van der Waals surface area contributed by atoms with E-state index in [1.165, 1.54) is 0 Å². The second-order valence-electron chi connectivity index (χ2n) is 4.55. The van der Waals surface area contributed by atoms with Crippen molar-refractivity contribution < 1.29 is 19.0 Å². The standard InChI is InChI=1S/C14H20N2O4/c1-18-11-5-4-10(13(19-2)14(11)20-3)8-16-7-6-15-12(17)9-16/h4-5H,6-9H2,1-3H3,(H,15,17). The molecule has 20 heavy (non-hydrogen) atoms. The van der Waals surface area contributed by atoms with Crippen LogP contribution in [-0.4, -0.2) is 51.8 Å². The van der Waals surface area contributed by atoms with E-state index in [4.69, 9.17) is 14.2 Å². The maximum atomic E-state index is 11.4. The Morgan fingerprint density at radius 3 is 2.50 bits per heavy atom. The molecule has 1 aromatic carbocycles. The monoisotopic (exact) mass is 280 g/mol. The van der Waals surface area contributed by atoms with Crippen LogP contribution in [0.15, 0.2) is 12.1 Å². The Hall–Kier alpha value is -1.95. The fourth-order valence-corrected chi connectivity index (χ4v) is 2.36. The summed E-state index contributed by atoms with van der Waals surface area (Å²) >= 11 is 0. The smallest absolute Gasteiger partial charge is 0.234 e. The third-order valence-electron chi connectivity index (χ3n) is 3.30. The summed E-state index contributed by atoms with van der Waals surface area (Å²) < 4.78 is 16.1. The predicted molar refractivity (Wildman–Crippen MR) is 74.4 cm³/mol. The van der Waals surface area contributed by atoms with Gasteiger partial charge in [-0.1, -0.05) is 6.07 Å². The number of amides is 1. The average Bonchev–Trinajstić information content (AvgIpc) is 2.46. The van der Waals surface area contributed by atoms with Crippen LogP contribution in [0, 0.1) is 0 Å². The molecule has 0 unspecified atom stereocenters. The molecule has 6 heteroatoms. The van der Waals surface area contributed by atoms with Crippen molar-refractivity contribution in [2.45, 2.75) is 6.54 Å². The number of hydrogen-bond acceptors (Lipinski definition) is 5. The van der Waals surface area contributed by atoms with E-state index in [-0.39, 0.29) is 5.91 Å². The lowest BCUT2D eigenvalue weighted by atomic mass is 10.1. The van der Waals surface area contributed by atoms with Gasteiger partial charge in [0.2, 0.25) is 11.7 Å². The van der Waals surface area contributed by atoms with E-state index in [1.807, 2.05) is 12.1 Å². The van der Waals surface area contributed by atoms with Crippen LogP contribution in [0.1, 0.15) is 5.56 Å². The summed E-state index contributed by atoms with van der Waals surface area (Å²) in [5.74, 6) is 1.91. The molecule has 110 valence electrons. The number of ether oxygens (including phenoxy) is 3. The number of rotatable bonds is 5. The van der Waals surface area contributed by atoms with E-state index < -0.39 is 0 Å². The van der Waals surface area contributed by atoms with Gasteiger partial charge in [0.15, 0.2) is 11.5 Å². The first-order valence-electron chi connectivity index (χ1n) is 6.46. The molecule has 6 nitrogen and oxygen atoms in total. The van der Waals surface area contributed by atoms with Gasteiger partial charge in [0.1, 0.15) is 0 Å². The van der Waals surface area contributed by atoms with Crippen LogP contribution in [0.5, 0.6) is 17.2 Å². The minimum absolute atomic E-state index is 0.0516. The number of nitrogens with one attached hydrogen (secondary N) is 1. The minimum Gasteiger partial charge on any atom is -0.493 e. The highest BCUT2D eigenvalue weighted by molar-refractivity contribution is 5.78. The van der Waals surface area contributed by atoms with E-state index >= 15 is 0 Å². The molecule has 0 bridgehead atoms. The number of benzene rings is 1. The van der Waals surface area contributed by atoms with Crippen molar-refractivity contribution in [2.24, 2.45) is 0 Å². The van der Waals surface area contributed by atoms with E-state index in [0.717, 1.165) is 12.1 Å². The lowest BCUT2D eigenvalue weighted by molar-refractivity contribution is -0.124. The Morgan fingerprint density at radius 1 is 1.15 bits per heavy atom. The fraction of sp³-hybridized carbons (Fsp3) is 0.500. The van der Waals surface area contributed by atoms with Gasteiger partial charge in [0, 0.05) is 25.2 Å². The largest absolute Gasteiger partial charge is 0.493 e. The summed E-state index contributed by atoms with van der Waals surface area (Å²) in [6.45, 7) is 2.53. The number of hydrogen-bond donors (Lipinski definition) is 1. The van der Waals surface area contributed by atoms with Crippen LogP contribution in [-0.2, 0) is 11.3 Å². The molecule has 1 aromatic rings. The van der Waals surface area contributed by atoms with Crippen molar-refractivity contribution in [1.82, 2.24) is 10.2 Å². The van der Waals surface area contributed by atoms with Crippen LogP contribution in [0.25, 0.3) is 0 Å². The zero-order chi connectivity index (χ0) is 14.5. The van der Waals surface area contributed by atoms with Gasteiger partial charge in [-0.15, -0.1) is 0 Å². The number of carbonyl (C=O) groups excluding carboxylic acids is 1. The summed E-state index contributed by atoms with van der Waals surface area (Å²) in [6, 6.07) is 3.79. The number of methoxy groups -OCH3 is 3. The molecule has 2 rings (SSSR count). The number of piperazine rings is 1. The van der Waals surface area contributed by atoms with Gasteiger partial charge >= 0.3 is 0 Å². The van der Waals surface area contributed by atoms with Gasteiger partial charge < -0.3 is 19.5 Å². The second-order valence-corrected chi connectivity index (χ2v) is 4.55. The summed E-state index contributed by atoms with van der Waals surface area (Å²) in [5.41, 5.74) is 0.972. The summed E-state index contributed by atoms with van der Waals surface area (Å²) in [6.07, 6.45) is 0. The van der Waals surface area contributed by atoms with E-state index in [0.29, 0.717) is 36.9 Å². The lowest BCUT2D eigenvalue weighted by Gasteiger charge is -2.27. The van der Waals surface area contributed by atoms with Gasteiger partial charge in [-0.2, -0.15) is 0 Å². The van der Waals surface area contributed by atoms with Crippen molar-refractivity contribution in [3.05, 3.63) is 17.7 Å². The zero-order valence-electron chi connectivity index (χ0n) is 12.1. The maximum Gasteiger partial charge on any atom is 0.234 e. The van der Waals surface area contributed by atoms with Gasteiger partial charge in [-0.3, -0.25) is 9.69 Å². The molecular weight excluding hydrogens is 260 g/mol. The Labute approximate surface area is 118 Å². The highest BCUT2D eigenvalue weighted by Gasteiger charge is 2.21. The molecule has 1 heterocycles. The van der Waals surface area contributed by atoms with Crippen molar-refractivity contribution >= 4 is 5.91 Å². The highest BCUT2D eigenvalue weighted by atomic mass is 16.5. The van der Waals surface area contributed by atoms with Gasteiger partial charge in [0.05, 0.1) is 27.9 Å². The van der Waals surface area contributed by atoms with Crippen LogP contribution >= 0.6 is 0 Å². The normalized spacial score (nSPS) is 15.7. The van der Waals surface area contributed by atoms with E-state index in [2.05, 4.69) is 10.2 Å². The van der Waals surface area contributed by atoms with Crippen LogP contribution in [0.3, 0.4) is 0 Å².